The number of rotatable bonds is 5. The lowest BCUT2D eigenvalue weighted by molar-refractivity contribution is 0.117. The molecule has 0 radical (unpaired) electrons. The molecule has 1 aliphatic heterocycles. The molecule has 1 N–H and O–H groups in total. The molecule has 23 heavy (non-hydrogen) atoms. The summed E-state index contributed by atoms with van der Waals surface area (Å²) in [6.45, 7) is 7.73. The lowest BCUT2D eigenvalue weighted by Crippen LogP contribution is -2.52. The number of hydrogen-bond acceptors (Lipinski definition) is 4. The molecule has 1 aromatic carbocycles. The predicted octanol–water partition coefficient (Wildman–Crippen LogP) is 2.65. The van der Waals surface area contributed by atoms with Gasteiger partial charge in [0, 0.05) is 38.3 Å². The molecule has 1 unspecified atom stereocenters. The number of hydrogen-bond donors (Lipinski definition) is 1. The van der Waals surface area contributed by atoms with Crippen LogP contribution in [0.3, 0.4) is 0 Å². The minimum absolute atomic E-state index is 0.0969. The maximum Gasteiger partial charge on any atom is 0.322 e. The molecule has 1 aromatic rings. The van der Waals surface area contributed by atoms with Crippen molar-refractivity contribution < 1.29 is 14.3 Å². The molecule has 0 aliphatic carbocycles. The van der Waals surface area contributed by atoms with Gasteiger partial charge in [-0.05, 0) is 25.5 Å². The van der Waals surface area contributed by atoms with Gasteiger partial charge >= 0.3 is 6.03 Å². The smallest absolute Gasteiger partial charge is 0.322 e. The normalized spacial score (nSPS) is 16.8. The van der Waals surface area contributed by atoms with E-state index in [1.165, 1.54) is 0 Å². The summed E-state index contributed by atoms with van der Waals surface area (Å²) in [5.74, 6) is 1.31. The summed E-state index contributed by atoms with van der Waals surface area (Å²) >= 11 is 0. The number of benzene rings is 1. The van der Waals surface area contributed by atoms with Crippen LogP contribution in [0.2, 0.25) is 0 Å². The molecule has 0 bridgehead atoms. The SMILES string of the molecule is CCC(C)N1CCN(C(=O)Nc2cc(OC)ccc2OC)CC1. The Balaban J connectivity index is 1.98. The maximum atomic E-state index is 12.5. The fourth-order valence-corrected chi connectivity index (χ4v) is 2.73. The van der Waals surface area contributed by atoms with Gasteiger partial charge < -0.3 is 19.7 Å². The van der Waals surface area contributed by atoms with Crippen LogP contribution in [-0.4, -0.2) is 62.3 Å². The minimum atomic E-state index is -0.0969. The predicted molar refractivity (Wildman–Crippen MR) is 91.5 cm³/mol. The number of piperazine rings is 1. The Hall–Kier alpha value is -1.95. The molecular formula is C17H27N3O3. The van der Waals surface area contributed by atoms with E-state index in [1.54, 1.807) is 32.4 Å². The third-order valence-electron chi connectivity index (χ3n) is 4.46. The lowest BCUT2D eigenvalue weighted by Gasteiger charge is -2.37. The molecule has 1 fully saturated rings. The largest absolute Gasteiger partial charge is 0.497 e. The molecule has 1 aliphatic rings. The van der Waals surface area contributed by atoms with Crippen molar-refractivity contribution >= 4 is 11.7 Å². The first kappa shape index (κ1) is 17.4. The average molecular weight is 321 g/mol. The van der Waals surface area contributed by atoms with Crippen molar-refractivity contribution in [2.75, 3.05) is 45.7 Å². The van der Waals surface area contributed by atoms with Crippen LogP contribution in [0.25, 0.3) is 0 Å². The van der Waals surface area contributed by atoms with Crippen molar-refractivity contribution in [3.63, 3.8) is 0 Å². The van der Waals surface area contributed by atoms with Crippen LogP contribution in [0.4, 0.5) is 10.5 Å². The number of amides is 2. The summed E-state index contributed by atoms with van der Waals surface area (Å²) in [6.07, 6.45) is 1.13. The van der Waals surface area contributed by atoms with Crippen LogP contribution in [-0.2, 0) is 0 Å². The Labute approximate surface area is 138 Å². The van der Waals surface area contributed by atoms with Gasteiger partial charge in [0.25, 0.3) is 0 Å². The van der Waals surface area contributed by atoms with Gasteiger partial charge in [-0.1, -0.05) is 6.92 Å². The van der Waals surface area contributed by atoms with E-state index in [-0.39, 0.29) is 6.03 Å². The molecule has 2 rings (SSSR count). The second-order valence-corrected chi connectivity index (χ2v) is 5.78. The Morgan fingerprint density at radius 1 is 1.22 bits per heavy atom. The van der Waals surface area contributed by atoms with Gasteiger partial charge in [0.1, 0.15) is 11.5 Å². The molecule has 0 saturated carbocycles. The molecule has 128 valence electrons. The molecule has 1 saturated heterocycles. The Bertz CT molecular complexity index is 528. The van der Waals surface area contributed by atoms with Gasteiger partial charge in [0.05, 0.1) is 19.9 Å². The fraction of sp³-hybridized carbons (Fsp3) is 0.588. The van der Waals surface area contributed by atoms with Crippen LogP contribution in [0.1, 0.15) is 20.3 Å². The van der Waals surface area contributed by atoms with Crippen molar-refractivity contribution in [3.8, 4) is 11.5 Å². The van der Waals surface area contributed by atoms with Crippen LogP contribution in [0.5, 0.6) is 11.5 Å². The summed E-state index contributed by atoms with van der Waals surface area (Å²) in [6, 6.07) is 5.83. The van der Waals surface area contributed by atoms with Gasteiger partial charge in [-0.2, -0.15) is 0 Å². The van der Waals surface area contributed by atoms with E-state index in [0.29, 0.717) is 23.2 Å². The van der Waals surface area contributed by atoms with E-state index in [4.69, 9.17) is 9.47 Å². The van der Waals surface area contributed by atoms with E-state index in [9.17, 15) is 4.79 Å². The number of methoxy groups -OCH3 is 2. The molecule has 6 heteroatoms. The summed E-state index contributed by atoms with van der Waals surface area (Å²) in [7, 11) is 3.18. The van der Waals surface area contributed by atoms with E-state index < -0.39 is 0 Å². The molecule has 1 atom stereocenters. The zero-order valence-corrected chi connectivity index (χ0v) is 14.5. The first-order valence-electron chi connectivity index (χ1n) is 8.11. The molecule has 0 aromatic heterocycles. The van der Waals surface area contributed by atoms with Crippen LogP contribution < -0.4 is 14.8 Å². The van der Waals surface area contributed by atoms with E-state index in [1.807, 2.05) is 4.90 Å². The summed E-state index contributed by atoms with van der Waals surface area (Å²) in [5.41, 5.74) is 0.626. The lowest BCUT2D eigenvalue weighted by atomic mass is 10.2. The van der Waals surface area contributed by atoms with Crippen LogP contribution in [0, 0.1) is 0 Å². The third kappa shape index (κ3) is 4.28. The highest BCUT2D eigenvalue weighted by Gasteiger charge is 2.24. The number of carbonyl (C=O) groups excluding carboxylic acids is 1. The number of ether oxygens (including phenoxy) is 2. The summed E-state index contributed by atoms with van der Waals surface area (Å²) < 4.78 is 10.5. The highest BCUT2D eigenvalue weighted by atomic mass is 16.5. The van der Waals surface area contributed by atoms with Gasteiger partial charge in [-0.25, -0.2) is 4.79 Å². The first-order valence-corrected chi connectivity index (χ1v) is 8.11. The molecule has 6 nitrogen and oxygen atoms in total. The highest BCUT2D eigenvalue weighted by Crippen LogP contribution is 2.29. The Morgan fingerprint density at radius 2 is 1.91 bits per heavy atom. The summed E-state index contributed by atoms with van der Waals surface area (Å²) in [4.78, 5) is 16.8. The van der Waals surface area contributed by atoms with Gasteiger partial charge in [-0.3, -0.25) is 4.90 Å². The van der Waals surface area contributed by atoms with E-state index >= 15 is 0 Å². The standard InChI is InChI=1S/C17H27N3O3/c1-5-13(2)19-8-10-20(11-9-19)17(21)18-15-12-14(22-3)6-7-16(15)23-4/h6-7,12-13H,5,8-11H2,1-4H3,(H,18,21). The fourth-order valence-electron chi connectivity index (χ4n) is 2.73. The highest BCUT2D eigenvalue weighted by molar-refractivity contribution is 5.91. The van der Waals surface area contributed by atoms with Crippen molar-refractivity contribution in [2.45, 2.75) is 26.3 Å². The number of urea groups is 1. The summed E-state index contributed by atoms with van der Waals surface area (Å²) in [5, 5.41) is 2.93. The van der Waals surface area contributed by atoms with Gasteiger partial charge in [0.2, 0.25) is 0 Å². The first-order chi connectivity index (χ1) is 11.1. The minimum Gasteiger partial charge on any atom is -0.497 e. The van der Waals surface area contributed by atoms with Crippen LogP contribution >= 0.6 is 0 Å². The van der Waals surface area contributed by atoms with Crippen molar-refractivity contribution in [2.24, 2.45) is 0 Å². The molecule has 2 amide bonds. The second kappa shape index (κ2) is 8.06. The zero-order valence-electron chi connectivity index (χ0n) is 14.5. The average Bonchev–Trinajstić information content (AvgIpc) is 2.61. The van der Waals surface area contributed by atoms with E-state index in [2.05, 4.69) is 24.1 Å². The monoisotopic (exact) mass is 321 g/mol. The maximum absolute atomic E-state index is 12.5. The quantitative estimate of drug-likeness (QED) is 0.906. The van der Waals surface area contributed by atoms with Crippen LogP contribution in [0.15, 0.2) is 18.2 Å². The zero-order chi connectivity index (χ0) is 16.8. The molecule has 1 heterocycles. The topological polar surface area (TPSA) is 54.0 Å². The second-order valence-electron chi connectivity index (χ2n) is 5.78. The van der Waals surface area contributed by atoms with Gasteiger partial charge in [0.15, 0.2) is 0 Å². The number of anilines is 1. The van der Waals surface area contributed by atoms with Gasteiger partial charge in [-0.15, -0.1) is 0 Å². The van der Waals surface area contributed by atoms with E-state index in [0.717, 1.165) is 32.6 Å². The Morgan fingerprint density at radius 3 is 2.48 bits per heavy atom. The van der Waals surface area contributed by atoms with Crippen molar-refractivity contribution in [1.82, 2.24) is 9.80 Å². The van der Waals surface area contributed by atoms with Crippen molar-refractivity contribution in [1.29, 1.82) is 0 Å². The molecular weight excluding hydrogens is 294 g/mol. The number of carbonyl (C=O) groups is 1. The Kier molecular flexibility index (Phi) is 6.10. The third-order valence-corrected chi connectivity index (χ3v) is 4.46. The molecule has 0 spiro atoms. The number of nitrogens with one attached hydrogen (secondary N) is 1. The van der Waals surface area contributed by atoms with Crippen molar-refractivity contribution in [3.05, 3.63) is 18.2 Å². The number of nitrogens with zero attached hydrogens (tertiary/aromatic N) is 2.